The Morgan fingerprint density at radius 3 is 2.37 bits per heavy atom. The van der Waals surface area contributed by atoms with Crippen LogP contribution in [0.3, 0.4) is 0 Å². The zero-order valence-corrected chi connectivity index (χ0v) is 11.5. The lowest BCUT2D eigenvalue weighted by molar-refractivity contribution is -0.141. The minimum absolute atomic E-state index is 0.00779. The van der Waals surface area contributed by atoms with Crippen LogP contribution in [0, 0.1) is 17.3 Å². The predicted octanol–water partition coefficient (Wildman–Crippen LogP) is 0.0802. The third-order valence-corrected chi connectivity index (χ3v) is 4.27. The smallest absolute Gasteiger partial charge is 0.307 e. The summed E-state index contributed by atoms with van der Waals surface area (Å²) in [5, 5.41) is 11.9. The number of nitrogens with one attached hydrogen (secondary N) is 1. The van der Waals surface area contributed by atoms with Gasteiger partial charge in [0.05, 0.1) is 11.8 Å². The number of nitrogens with zero attached hydrogens (tertiary/aromatic N) is 1. The molecule has 0 aromatic rings. The number of hydrogen-bond acceptors (Lipinski definition) is 3. The molecule has 2 aliphatic rings. The van der Waals surface area contributed by atoms with Crippen LogP contribution >= 0.6 is 0 Å². The van der Waals surface area contributed by atoms with E-state index in [1.807, 2.05) is 13.8 Å². The van der Waals surface area contributed by atoms with E-state index in [-0.39, 0.29) is 17.9 Å². The molecular weight excluding hydrogens is 248 g/mol. The van der Waals surface area contributed by atoms with Gasteiger partial charge in [-0.3, -0.25) is 14.4 Å². The number of carboxylic acids is 1. The molecule has 0 spiro atoms. The molecule has 3 unspecified atom stereocenters. The zero-order chi connectivity index (χ0) is 14.4. The Balaban J connectivity index is 1.96. The van der Waals surface area contributed by atoms with Crippen LogP contribution in [0.2, 0.25) is 0 Å². The van der Waals surface area contributed by atoms with Gasteiger partial charge < -0.3 is 15.3 Å². The summed E-state index contributed by atoms with van der Waals surface area (Å²) in [7, 11) is 0. The Bertz CT molecular complexity index is 432. The fourth-order valence-electron chi connectivity index (χ4n) is 3.12. The molecule has 6 heteroatoms. The first-order chi connectivity index (χ1) is 8.75. The minimum Gasteiger partial charge on any atom is -0.481 e. The highest BCUT2D eigenvalue weighted by atomic mass is 16.4. The topological polar surface area (TPSA) is 86.7 Å². The number of carboxylic acid groups (broad SMARTS) is 1. The first-order valence-corrected chi connectivity index (χ1v) is 6.54. The molecule has 2 N–H and O–H groups in total. The van der Waals surface area contributed by atoms with E-state index in [0.29, 0.717) is 13.1 Å². The van der Waals surface area contributed by atoms with Crippen LogP contribution < -0.4 is 5.32 Å². The quantitative estimate of drug-likeness (QED) is 0.759. The number of carbonyl (C=O) groups is 3. The van der Waals surface area contributed by atoms with Gasteiger partial charge in [-0.2, -0.15) is 0 Å². The standard InChI is InChI=1S/C13H20N2O4/c1-7(16)14-8-4-5-15(6-8)11(17)9-10(12(18)19)13(9,2)3/h8-10H,4-6H2,1-3H3,(H,14,16)(H,18,19). The third kappa shape index (κ3) is 2.43. The Kier molecular flexibility index (Phi) is 3.28. The molecule has 2 rings (SSSR count). The van der Waals surface area contributed by atoms with Crippen LogP contribution in [0.4, 0.5) is 0 Å². The Hall–Kier alpha value is -1.59. The zero-order valence-electron chi connectivity index (χ0n) is 11.5. The highest BCUT2D eigenvalue weighted by molar-refractivity contribution is 5.91. The maximum absolute atomic E-state index is 12.3. The maximum Gasteiger partial charge on any atom is 0.307 e. The van der Waals surface area contributed by atoms with E-state index in [1.165, 1.54) is 6.92 Å². The van der Waals surface area contributed by atoms with E-state index in [1.54, 1.807) is 4.90 Å². The van der Waals surface area contributed by atoms with Gasteiger partial charge in [-0.05, 0) is 11.8 Å². The molecular formula is C13H20N2O4. The van der Waals surface area contributed by atoms with Crippen LogP contribution in [-0.4, -0.2) is 46.9 Å². The summed E-state index contributed by atoms with van der Waals surface area (Å²) in [4.78, 5) is 36.1. The summed E-state index contributed by atoms with van der Waals surface area (Å²) in [6.07, 6.45) is 0.732. The van der Waals surface area contributed by atoms with Crippen molar-refractivity contribution in [1.29, 1.82) is 0 Å². The van der Waals surface area contributed by atoms with Crippen LogP contribution in [0.1, 0.15) is 27.2 Å². The molecule has 0 aromatic carbocycles. The largest absolute Gasteiger partial charge is 0.481 e. The number of likely N-dealkylation sites (tertiary alicyclic amines) is 1. The fraction of sp³-hybridized carbons (Fsp3) is 0.769. The van der Waals surface area contributed by atoms with E-state index < -0.39 is 23.2 Å². The average molecular weight is 268 g/mol. The van der Waals surface area contributed by atoms with Crippen molar-refractivity contribution in [1.82, 2.24) is 10.2 Å². The maximum atomic E-state index is 12.3. The van der Waals surface area contributed by atoms with E-state index >= 15 is 0 Å². The molecule has 2 amide bonds. The lowest BCUT2D eigenvalue weighted by Crippen LogP contribution is -2.38. The van der Waals surface area contributed by atoms with Crippen LogP contribution in [0.15, 0.2) is 0 Å². The average Bonchev–Trinajstić information content (AvgIpc) is 2.65. The van der Waals surface area contributed by atoms with Gasteiger partial charge in [-0.15, -0.1) is 0 Å². The van der Waals surface area contributed by atoms with Gasteiger partial charge in [0.1, 0.15) is 0 Å². The molecule has 1 heterocycles. The van der Waals surface area contributed by atoms with Gasteiger partial charge in [0, 0.05) is 26.1 Å². The van der Waals surface area contributed by atoms with Crippen molar-refractivity contribution in [3.8, 4) is 0 Å². The SMILES string of the molecule is CC(=O)NC1CCN(C(=O)C2C(C(=O)O)C2(C)C)C1. The second-order valence-electron chi connectivity index (χ2n) is 6.09. The lowest BCUT2D eigenvalue weighted by atomic mass is 10.1. The molecule has 0 aromatic heterocycles. The fourth-order valence-corrected chi connectivity index (χ4v) is 3.12. The molecule has 0 bridgehead atoms. The van der Waals surface area contributed by atoms with Crippen molar-refractivity contribution in [3.63, 3.8) is 0 Å². The molecule has 1 aliphatic heterocycles. The first kappa shape index (κ1) is 13.8. The Morgan fingerprint density at radius 1 is 1.26 bits per heavy atom. The highest BCUT2D eigenvalue weighted by Crippen LogP contribution is 2.59. The normalized spacial score (nSPS) is 31.9. The van der Waals surface area contributed by atoms with Crippen LogP contribution in [0.5, 0.6) is 0 Å². The van der Waals surface area contributed by atoms with Crippen molar-refractivity contribution < 1.29 is 19.5 Å². The molecule has 19 heavy (non-hydrogen) atoms. The molecule has 106 valence electrons. The first-order valence-electron chi connectivity index (χ1n) is 6.54. The predicted molar refractivity (Wildman–Crippen MR) is 67.2 cm³/mol. The van der Waals surface area contributed by atoms with Gasteiger partial charge in [0.15, 0.2) is 0 Å². The van der Waals surface area contributed by atoms with Crippen LogP contribution in [-0.2, 0) is 14.4 Å². The Labute approximate surface area is 112 Å². The van der Waals surface area contributed by atoms with Crippen molar-refractivity contribution in [2.45, 2.75) is 33.2 Å². The monoisotopic (exact) mass is 268 g/mol. The second kappa shape index (κ2) is 4.51. The molecule has 1 saturated carbocycles. The van der Waals surface area contributed by atoms with E-state index in [2.05, 4.69) is 5.32 Å². The van der Waals surface area contributed by atoms with Gasteiger partial charge in [-0.1, -0.05) is 13.8 Å². The molecule has 3 atom stereocenters. The van der Waals surface area contributed by atoms with E-state index in [9.17, 15) is 14.4 Å². The van der Waals surface area contributed by atoms with E-state index in [4.69, 9.17) is 5.11 Å². The summed E-state index contributed by atoms with van der Waals surface area (Å²) < 4.78 is 0. The molecule has 6 nitrogen and oxygen atoms in total. The summed E-state index contributed by atoms with van der Waals surface area (Å²) in [5.41, 5.74) is -0.463. The van der Waals surface area contributed by atoms with Crippen molar-refractivity contribution in [3.05, 3.63) is 0 Å². The molecule has 2 fully saturated rings. The number of aliphatic carboxylic acids is 1. The minimum atomic E-state index is -0.902. The van der Waals surface area contributed by atoms with Crippen LogP contribution in [0.25, 0.3) is 0 Å². The highest BCUT2D eigenvalue weighted by Gasteiger charge is 2.66. The number of hydrogen-bond donors (Lipinski definition) is 2. The van der Waals surface area contributed by atoms with Gasteiger partial charge in [-0.25, -0.2) is 0 Å². The van der Waals surface area contributed by atoms with Crippen molar-refractivity contribution in [2.24, 2.45) is 17.3 Å². The summed E-state index contributed by atoms with van der Waals surface area (Å²) >= 11 is 0. The number of carbonyl (C=O) groups excluding carboxylic acids is 2. The second-order valence-corrected chi connectivity index (χ2v) is 6.09. The van der Waals surface area contributed by atoms with Gasteiger partial charge >= 0.3 is 5.97 Å². The number of amides is 2. The van der Waals surface area contributed by atoms with Crippen molar-refractivity contribution >= 4 is 17.8 Å². The summed E-state index contributed by atoms with van der Waals surface area (Å²) in [5.74, 6) is -2.11. The van der Waals surface area contributed by atoms with E-state index in [0.717, 1.165) is 6.42 Å². The molecule has 0 radical (unpaired) electrons. The third-order valence-electron chi connectivity index (χ3n) is 4.27. The lowest BCUT2D eigenvalue weighted by Gasteiger charge is -2.17. The summed E-state index contributed by atoms with van der Waals surface area (Å²) in [6.45, 7) is 6.15. The molecule has 1 saturated heterocycles. The summed E-state index contributed by atoms with van der Waals surface area (Å²) in [6, 6.07) is -0.00779. The van der Waals surface area contributed by atoms with Gasteiger partial charge in [0.2, 0.25) is 11.8 Å². The Morgan fingerprint density at radius 2 is 1.89 bits per heavy atom. The van der Waals surface area contributed by atoms with Gasteiger partial charge in [0.25, 0.3) is 0 Å². The van der Waals surface area contributed by atoms with Crippen molar-refractivity contribution in [2.75, 3.05) is 13.1 Å². The number of rotatable bonds is 3. The molecule has 1 aliphatic carbocycles.